The van der Waals surface area contributed by atoms with Gasteiger partial charge in [0.05, 0.1) is 4.90 Å². The van der Waals surface area contributed by atoms with E-state index in [0.29, 0.717) is 17.3 Å². The van der Waals surface area contributed by atoms with Gasteiger partial charge in [0.15, 0.2) is 9.84 Å². The van der Waals surface area contributed by atoms with E-state index in [2.05, 4.69) is 10.2 Å². The molecular weight excluding hydrogens is 335 g/mol. The van der Waals surface area contributed by atoms with E-state index in [0.717, 1.165) is 32.7 Å². The van der Waals surface area contributed by atoms with Gasteiger partial charge in [0, 0.05) is 39.0 Å². The van der Waals surface area contributed by atoms with Crippen molar-refractivity contribution >= 4 is 34.7 Å². The summed E-state index contributed by atoms with van der Waals surface area (Å²) >= 11 is 0. The topological polar surface area (TPSA) is 58.6 Å². The van der Waals surface area contributed by atoms with Crippen LogP contribution in [0, 0.1) is 0 Å². The second-order valence-electron chi connectivity index (χ2n) is 4.69. The summed E-state index contributed by atoms with van der Waals surface area (Å²) in [5.41, 5.74) is 0. The number of rotatable bonds is 5. The molecule has 21 heavy (non-hydrogen) atoms. The Morgan fingerprint density at radius 1 is 1.24 bits per heavy atom. The molecular formula is C13H22Cl2N2O3S. The van der Waals surface area contributed by atoms with Crippen LogP contribution in [0.4, 0.5) is 0 Å². The van der Waals surface area contributed by atoms with Crippen LogP contribution < -0.4 is 10.1 Å². The highest BCUT2D eigenvalue weighted by atomic mass is 35.5. The molecule has 1 aromatic carbocycles. The first-order chi connectivity index (χ1) is 9.05. The Hall–Kier alpha value is -0.530. The molecule has 1 aliphatic heterocycles. The molecule has 1 fully saturated rings. The zero-order chi connectivity index (χ0) is 13.7. The Morgan fingerprint density at radius 3 is 2.52 bits per heavy atom. The normalized spacial score (nSPS) is 15.7. The van der Waals surface area contributed by atoms with Crippen LogP contribution in [-0.4, -0.2) is 58.9 Å². The van der Waals surface area contributed by atoms with Gasteiger partial charge in [-0.3, -0.25) is 4.90 Å². The number of benzene rings is 1. The van der Waals surface area contributed by atoms with Crippen LogP contribution >= 0.6 is 24.8 Å². The highest BCUT2D eigenvalue weighted by Crippen LogP contribution is 2.17. The van der Waals surface area contributed by atoms with Gasteiger partial charge in [-0.1, -0.05) is 6.07 Å². The van der Waals surface area contributed by atoms with Gasteiger partial charge in [0.2, 0.25) is 0 Å². The molecule has 1 heterocycles. The van der Waals surface area contributed by atoms with E-state index in [1.54, 1.807) is 24.3 Å². The van der Waals surface area contributed by atoms with Crippen LogP contribution in [0.3, 0.4) is 0 Å². The zero-order valence-electron chi connectivity index (χ0n) is 11.9. The van der Waals surface area contributed by atoms with Crippen LogP contribution in [0.25, 0.3) is 0 Å². The van der Waals surface area contributed by atoms with Crippen LogP contribution in [-0.2, 0) is 9.84 Å². The van der Waals surface area contributed by atoms with Gasteiger partial charge < -0.3 is 10.1 Å². The van der Waals surface area contributed by atoms with E-state index in [9.17, 15) is 8.42 Å². The molecule has 0 amide bonds. The third-order valence-corrected chi connectivity index (χ3v) is 4.23. The summed E-state index contributed by atoms with van der Waals surface area (Å²) < 4.78 is 28.5. The molecule has 5 nitrogen and oxygen atoms in total. The lowest BCUT2D eigenvalue weighted by Gasteiger charge is -2.26. The summed E-state index contributed by atoms with van der Waals surface area (Å²) in [6, 6.07) is 6.65. The lowest BCUT2D eigenvalue weighted by molar-refractivity contribution is 0.191. The van der Waals surface area contributed by atoms with Crippen molar-refractivity contribution in [2.75, 3.05) is 45.6 Å². The maximum absolute atomic E-state index is 11.4. The summed E-state index contributed by atoms with van der Waals surface area (Å²) in [5.74, 6) is 0.609. The molecule has 1 N–H and O–H groups in total. The van der Waals surface area contributed by atoms with Gasteiger partial charge in [0.1, 0.15) is 12.4 Å². The van der Waals surface area contributed by atoms with E-state index in [4.69, 9.17) is 4.74 Å². The molecule has 2 rings (SSSR count). The van der Waals surface area contributed by atoms with Crippen molar-refractivity contribution in [3.8, 4) is 5.75 Å². The molecule has 122 valence electrons. The highest BCUT2D eigenvalue weighted by molar-refractivity contribution is 7.90. The summed E-state index contributed by atoms with van der Waals surface area (Å²) in [6.45, 7) is 5.55. The van der Waals surface area contributed by atoms with E-state index in [-0.39, 0.29) is 24.8 Å². The maximum atomic E-state index is 11.4. The molecule has 0 atom stereocenters. The largest absolute Gasteiger partial charge is 0.492 e. The smallest absolute Gasteiger partial charge is 0.175 e. The lowest BCUT2D eigenvalue weighted by Crippen LogP contribution is -2.44. The fourth-order valence-corrected chi connectivity index (χ4v) is 2.68. The van der Waals surface area contributed by atoms with Crippen molar-refractivity contribution in [1.29, 1.82) is 0 Å². The lowest BCUT2D eigenvalue weighted by atomic mass is 10.3. The molecule has 1 aliphatic rings. The molecule has 0 aliphatic carbocycles. The highest BCUT2D eigenvalue weighted by Gasteiger charge is 2.10. The Morgan fingerprint density at radius 2 is 1.90 bits per heavy atom. The Labute approximate surface area is 138 Å². The third kappa shape index (κ3) is 6.84. The number of sulfone groups is 1. The second kappa shape index (κ2) is 9.48. The molecule has 0 unspecified atom stereocenters. The molecule has 0 saturated carbocycles. The Bertz CT molecular complexity index is 520. The fourth-order valence-electron chi connectivity index (χ4n) is 2.02. The maximum Gasteiger partial charge on any atom is 0.175 e. The quantitative estimate of drug-likeness (QED) is 0.859. The van der Waals surface area contributed by atoms with Gasteiger partial charge in [-0.25, -0.2) is 8.42 Å². The van der Waals surface area contributed by atoms with Crippen LogP contribution in [0.1, 0.15) is 0 Å². The number of hydrogen-bond acceptors (Lipinski definition) is 5. The average Bonchev–Trinajstić information content (AvgIpc) is 2.39. The van der Waals surface area contributed by atoms with E-state index in [1.165, 1.54) is 6.26 Å². The van der Waals surface area contributed by atoms with E-state index >= 15 is 0 Å². The Kier molecular flexibility index (Phi) is 9.24. The number of ether oxygens (including phenoxy) is 1. The predicted octanol–water partition coefficient (Wildman–Crippen LogP) is 1.22. The standard InChI is InChI=1S/C13H20N2O3S.2ClH/c1-19(16,17)13-4-2-3-12(11-13)18-10-9-15-7-5-14-6-8-15;;/h2-4,11,14H,5-10H2,1H3;2*1H. The first kappa shape index (κ1) is 20.5. The fraction of sp³-hybridized carbons (Fsp3) is 0.538. The van der Waals surface area contributed by atoms with Gasteiger partial charge in [-0.05, 0) is 18.2 Å². The third-order valence-electron chi connectivity index (χ3n) is 3.12. The number of halogens is 2. The van der Waals surface area contributed by atoms with Crippen molar-refractivity contribution in [2.45, 2.75) is 4.90 Å². The molecule has 1 saturated heterocycles. The monoisotopic (exact) mass is 356 g/mol. The number of nitrogens with zero attached hydrogens (tertiary/aromatic N) is 1. The first-order valence-electron chi connectivity index (χ1n) is 6.42. The average molecular weight is 357 g/mol. The number of piperazine rings is 1. The van der Waals surface area contributed by atoms with Gasteiger partial charge in [0.25, 0.3) is 0 Å². The predicted molar refractivity (Wildman–Crippen MR) is 88.9 cm³/mol. The Balaban J connectivity index is 0.00000200. The van der Waals surface area contributed by atoms with Crippen molar-refractivity contribution in [3.05, 3.63) is 24.3 Å². The number of hydrogen-bond donors (Lipinski definition) is 1. The van der Waals surface area contributed by atoms with Gasteiger partial charge in [-0.15, -0.1) is 24.8 Å². The molecule has 0 radical (unpaired) electrons. The summed E-state index contributed by atoms with van der Waals surface area (Å²) in [4.78, 5) is 2.63. The first-order valence-corrected chi connectivity index (χ1v) is 8.31. The van der Waals surface area contributed by atoms with Crippen LogP contribution in [0.5, 0.6) is 5.75 Å². The summed E-state index contributed by atoms with van der Waals surface area (Å²) in [5, 5.41) is 3.30. The van der Waals surface area contributed by atoms with E-state index < -0.39 is 9.84 Å². The molecule has 0 aromatic heterocycles. The van der Waals surface area contributed by atoms with Crippen molar-refractivity contribution in [2.24, 2.45) is 0 Å². The van der Waals surface area contributed by atoms with Crippen molar-refractivity contribution in [3.63, 3.8) is 0 Å². The van der Waals surface area contributed by atoms with Crippen LogP contribution in [0.2, 0.25) is 0 Å². The van der Waals surface area contributed by atoms with E-state index in [1.807, 2.05) is 0 Å². The summed E-state index contributed by atoms with van der Waals surface area (Å²) in [7, 11) is -3.17. The van der Waals surface area contributed by atoms with Crippen LogP contribution in [0.15, 0.2) is 29.2 Å². The minimum atomic E-state index is -3.17. The summed E-state index contributed by atoms with van der Waals surface area (Å²) in [6.07, 6.45) is 1.20. The minimum Gasteiger partial charge on any atom is -0.492 e. The SMILES string of the molecule is CS(=O)(=O)c1cccc(OCCN2CCNCC2)c1.Cl.Cl. The molecule has 0 spiro atoms. The van der Waals surface area contributed by atoms with Crippen molar-refractivity contribution in [1.82, 2.24) is 10.2 Å². The van der Waals surface area contributed by atoms with Gasteiger partial charge >= 0.3 is 0 Å². The molecule has 8 heteroatoms. The second-order valence-corrected chi connectivity index (χ2v) is 6.70. The zero-order valence-corrected chi connectivity index (χ0v) is 14.4. The minimum absolute atomic E-state index is 0. The molecule has 1 aromatic rings. The molecule has 0 bridgehead atoms. The number of nitrogens with one attached hydrogen (secondary N) is 1. The van der Waals surface area contributed by atoms with Crippen molar-refractivity contribution < 1.29 is 13.2 Å². The van der Waals surface area contributed by atoms with Gasteiger partial charge in [-0.2, -0.15) is 0 Å².